The highest BCUT2D eigenvalue weighted by Gasteiger charge is 2.31. The van der Waals surface area contributed by atoms with Gasteiger partial charge in [-0.15, -0.1) is 0 Å². The molecule has 0 aromatic carbocycles. The van der Waals surface area contributed by atoms with Gasteiger partial charge in [-0.25, -0.2) is 0 Å². The van der Waals surface area contributed by atoms with E-state index in [9.17, 15) is 0 Å². The standard InChI is InChI=1S/C11H14ClN5/c1-7(8-3-4-8)16(2)10-5-9(12)15-11-13-6-14-17(10)11/h5-8H,3-4H2,1-2H3. The van der Waals surface area contributed by atoms with E-state index in [1.807, 2.05) is 6.07 Å². The van der Waals surface area contributed by atoms with Crippen molar-refractivity contribution in [2.45, 2.75) is 25.8 Å². The van der Waals surface area contributed by atoms with Crippen molar-refractivity contribution >= 4 is 23.2 Å². The average molecular weight is 252 g/mol. The Hall–Kier alpha value is -1.36. The van der Waals surface area contributed by atoms with Gasteiger partial charge in [0, 0.05) is 19.2 Å². The van der Waals surface area contributed by atoms with Crippen LogP contribution in [0.5, 0.6) is 0 Å². The highest BCUT2D eigenvalue weighted by molar-refractivity contribution is 6.29. The highest BCUT2D eigenvalue weighted by Crippen LogP contribution is 2.36. The fourth-order valence-corrected chi connectivity index (χ4v) is 2.30. The summed E-state index contributed by atoms with van der Waals surface area (Å²) < 4.78 is 1.73. The van der Waals surface area contributed by atoms with Crippen molar-refractivity contribution < 1.29 is 0 Å². The molecule has 1 aliphatic rings. The lowest BCUT2D eigenvalue weighted by Gasteiger charge is -2.26. The quantitative estimate of drug-likeness (QED) is 0.783. The van der Waals surface area contributed by atoms with Crippen LogP contribution in [-0.2, 0) is 0 Å². The molecule has 0 bridgehead atoms. The smallest absolute Gasteiger partial charge is 0.255 e. The van der Waals surface area contributed by atoms with Gasteiger partial charge in [-0.3, -0.25) is 0 Å². The zero-order valence-corrected chi connectivity index (χ0v) is 10.6. The summed E-state index contributed by atoms with van der Waals surface area (Å²) >= 11 is 6.01. The maximum atomic E-state index is 6.01. The van der Waals surface area contributed by atoms with Gasteiger partial charge in [-0.05, 0) is 25.7 Å². The van der Waals surface area contributed by atoms with E-state index in [-0.39, 0.29) is 0 Å². The SMILES string of the molecule is CC(C1CC1)N(C)c1cc(Cl)nc2ncnn12. The number of aromatic nitrogens is 4. The lowest BCUT2D eigenvalue weighted by atomic mass is 10.2. The molecule has 0 aliphatic heterocycles. The minimum Gasteiger partial charge on any atom is -0.356 e. The predicted octanol–water partition coefficient (Wildman–Crippen LogP) is 2.01. The van der Waals surface area contributed by atoms with E-state index in [0.29, 0.717) is 17.0 Å². The van der Waals surface area contributed by atoms with E-state index >= 15 is 0 Å². The molecule has 0 spiro atoms. The molecule has 6 heteroatoms. The second-order valence-electron chi connectivity index (χ2n) is 4.60. The Bertz CT molecular complexity index is 548. The van der Waals surface area contributed by atoms with Crippen LogP contribution in [0.3, 0.4) is 0 Å². The first kappa shape index (κ1) is 10.8. The molecule has 3 rings (SSSR count). The summed E-state index contributed by atoms with van der Waals surface area (Å²) in [4.78, 5) is 10.4. The number of hydrogen-bond acceptors (Lipinski definition) is 4. The van der Waals surface area contributed by atoms with Crippen LogP contribution in [0.25, 0.3) is 5.78 Å². The number of nitrogens with zero attached hydrogens (tertiary/aromatic N) is 5. The maximum Gasteiger partial charge on any atom is 0.255 e. The number of fused-ring (bicyclic) bond motifs is 1. The molecule has 2 aromatic rings. The minimum atomic E-state index is 0.454. The predicted molar refractivity (Wildman–Crippen MR) is 66.4 cm³/mol. The largest absolute Gasteiger partial charge is 0.356 e. The number of halogens is 1. The first-order valence-corrected chi connectivity index (χ1v) is 6.13. The second-order valence-corrected chi connectivity index (χ2v) is 4.99. The van der Waals surface area contributed by atoms with Gasteiger partial charge in [-0.1, -0.05) is 11.6 Å². The molecular formula is C11H14ClN5. The van der Waals surface area contributed by atoms with Crippen molar-refractivity contribution in [1.82, 2.24) is 19.6 Å². The lowest BCUT2D eigenvalue weighted by molar-refractivity contribution is 0.597. The van der Waals surface area contributed by atoms with E-state index in [1.165, 1.54) is 19.2 Å². The third-order valence-electron chi connectivity index (χ3n) is 3.48. The fourth-order valence-electron chi connectivity index (χ4n) is 2.12. The zero-order chi connectivity index (χ0) is 12.0. The van der Waals surface area contributed by atoms with Crippen LogP contribution in [-0.4, -0.2) is 32.7 Å². The van der Waals surface area contributed by atoms with Gasteiger partial charge in [0.05, 0.1) is 0 Å². The summed E-state index contributed by atoms with van der Waals surface area (Å²) in [6.07, 6.45) is 4.12. The van der Waals surface area contributed by atoms with Crippen molar-refractivity contribution in [2.75, 3.05) is 11.9 Å². The van der Waals surface area contributed by atoms with Gasteiger partial charge in [0.1, 0.15) is 17.3 Å². The molecule has 0 N–H and O–H groups in total. The highest BCUT2D eigenvalue weighted by atomic mass is 35.5. The zero-order valence-electron chi connectivity index (χ0n) is 9.84. The molecule has 1 fully saturated rings. The molecule has 0 saturated heterocycles. The fraction of sp³-hybridized carbons (Fsp3) is 0.545. The summed E-state index contributed by atoms with van der Waals surface area (Å²) in [5, 5.41) is 4.64. The molecule has 17 heavy (non-hydrogen) atoms. The summed E-state index contributed by atoms with van der Waals surface area (Å²) in [6, 6.07) is 2.32. The van der Waals surface area contributed by atoms with Crippen LogP contribution in [0.2, 0.25) is 5.15 Å². The van der Waals surface area contributed by atoms with Gasteiger partial charge >= 0.3 is 0 Å². The van der Waals surface area contributed by atoms with Gasteiger partial charge in [0.15, 0.2) is 0 Å². The first-order valence-electron chi connectivity index (χ1n) is 5.76. The van der Waals surface area contributed by atoms with Crippen molar-refractivity contribution in [3.63, 3.8) is 0 Å². The molecule has 5 nitrogen and oxygen atoms in total. The molecule has 2 heterocycles. The molecule has 1 saturated carbocycles. The van der Waals surface area contributed by atoms with Crippen molar-refractivity contribution in [1.29, 1.82) is 0 Å². The van der Waals surface area contributed by atoms with Crippen LogP contribution < -0.4 is 4.90 Å². The molecule has 1 unspecified atom stereocenters. The van der Waals surface area contributed by atoms with Gasteiger partial charge in [0.2, 0.25) is 0 Å². The van der Waals surface area contributed by atoms with Crippen LogP contribution in [0.1, 0.15) is 19.8 Å². The Morgan fingerprint density at radius 1 is 1.53 bits per heavy atom. The van der Waals surface area contributed by atoms with Gasteiger partial charge < -0.3 is 4.90 Å². The first-order chi connectivity index (χ1) is 8.16. The summed E-state index contributed by atoms with van der Waals surface area (Å²) in [6.45, 7) is 2.23. The maximum absolute atomic E-state index is 6.01. The average Bonchev–Trinajstić information content (AvgIpc) is 3.05. The van der Waals surface area contributed by atoms with Gasteiger partial charge in [0.25, 0.3) is 5.78 Å². The Morgan fingerprint density at radius 2 is 2.29 bits per heavy atom. The monoisotopic (exact) mass is 251 g/mol. The molecule has 0 amide bonds. The topological polar surface area (TPSA) is 46.3 Å². The normalized spacial score (nSPS) is 17.4. The van der Waals surface area contributed by atoms with Crippen LogP contribution in [0.4, 0.5) is 5.82 Å². The third-order valence-corrected chi connectivity index (χ3v) is 3.67. The Kier molecular flexibility index (Phi) is 2.43. The molecule has 2 aromatic heterocycles. The van der Waals surface area contributed by atoms with E-state index in [0.717, 1.165) is 11.7 Å². The Morgan fingerprint density at radius 3 is 3.00 bits per heavy atom. The van der Waals surface area contributed by atoms with E-state index in [1.54, 1.807) is 4.52 Å². The van der Waals surface area contributed by atoms with Crippen LogP contribution >= 0.6 is 11.6 Å². The minimum absolute atomic E-state index is 0.454. The molecule has 90 valence electrons. The van der Waals surface area contributed by atoms with E-state index in [2.05, 4.69) is 33.9 Å². The molecular weight excluding hydrogens is 238 g/mol. The molecule has 1 atom stereocenters. The summed E-state index contributed by atoms with van der Waals surface area (Å²) in [5.74, 6) is 2.27. The van der Waals surface area contributed by atoms with Crippen LogP contribution in [0, 0.1) is 5.92 Å². The van der Waals surface area contributed by atoms with Crippen LogP contribution in [0.15, 0.2) is 12.4 Å². The summed E-state index contributed by atoms with van der Waals surface area (Å²) in [5.41, 5.74) is 0. The van der Waals surface area contributed by atoms with Crippen molar-refractivity contribution in [3.05, 3.63) is 17.5 Å². The third kappa shape index (κ3) is 1.84. The summed E-state index contributed by atoms with van der Waals surface area (Å²) in [7, 11) is 2.07. The van der Waals surface area contributed by atoms with Crippen molar-refractivity contribution in [2.24, 2.45) is 5.92 Å². The lowest BCUT2D eigenvalue weighted by Crippen LogP contribution is -2.32. The van der Waals surface area contributed by atoms with E-state index in [4.69, 9.17) is 11.6 Å². The number of hydrogen-bond donors (Lipinski definition) is 0. The van der Waals surface area contributed by atoms with Gasteiger partial charge in [-0.2, -0.15) is 19.6 Å². The number of rotatable bonds is 3. The molecule has 0 radical (unpaired) electrons. The number of anilines is 1. The van der Waals surface area contributed by atoms with E-state index < -0.39 is 0 Å². The molecule has 1 aliphatic carbocycles. The van der Waals surface area contributed by atoms with Crippen molar-refractivity contribution in [3.8, 4) is 0 Å². The Labute approximate surface area is 104 Å². The second kappa shape index (κ2) is 3.84. The Balaban J connectivity index is 2.05.